The Morgan fingerprint density at radius 2 is 2.08 bits per heavy atom. The number of nitrogens with zero attached hydrogens (tertiary/aromatic N) is 3. The molecule has 3 aromatic rings. The molecule has 0 saturated carbocycles. The van der Waals surface area contributed by atoms with Crippen LogP contribution in [0, 0.1) is 5.82 Å². The average molecular weight is 398 g/mol. The molecule has 0 spiro atoms. The molecule has 136 valence electrons. The number of benzene rings is 1. The van der Waals surface area contributed by atoms with Crippen LogP contribution in [0.25, 0.3) is 16.4 Å². The summed E-state index contributed by atoms with van der Waals surface area (Å²) in [5.41, 5.74) is 0.192. The molecule has 0 amide bonds. The highest BCUT2D eigenvalue weighted by Gasteiger charge is 2.20. The highest BCUT2D eigenvalue weighted by Crippen LogP contribution is 2.29. The zero-order valence-electron chi connectivity index (χ0n) is 13.0. The molecule has 0 atom stereocenters. The number of carboxylic acids is 1. The number of hydrogen-bond donors (Lipinski definition) is 3. The number of hydrogen-bond acceptors (Lipinski definition) is 7. The summed E-state index contributed by atoms with van der Waals surface area (Å²) in [4.78, 5) is 14.2. The minimum absolute atomic E-state index is 0.108. The molecule has 26 heavy (non-hydrogen) atoms. The van der Waals surface area contributed by atoms with Crippen LogP contribution in [0.2, 0.25) is 0 Å². The molecule has 0 unspecified atom stereocenters. The van der Waals surface area contributed by atoms with Crippen molar-refractivity contribution in [3.8, 4) is 22.3 Å². The topological polar surface area (TPSA) is 134 Å². The predicted octanol–water partition coefficient (Wildman–Crippen LogP) is 1.45. The third-order valence-electron chi connectivity index (χ3n) is 3.37. The fourth-order valence-electron chi connectivity index (χ4n) is 2.09. The lowest BCUT2D eigenvalue weighted by Gasteiger charge is -2.05. The number of sulfonamides is 1. The van der Waals surface area contributed by atoms with Crippen molar-refractivity contribution < 1.29 is 27.8 Å². The largest absolute Gasteiger partial charge is 0.493 e. The molecule has 0 bridgehead atoms. The summed E-state index contributed by atoms with van der Waals surface area (Å²) in [7, 11) is -2.86. The molecule has 0 fully saturated rings. The number of carbonyl (C=O) groups is 1. The van der Waals surface area contributed by atoms with Gasteiger partial charge in [-0.25, -0.2) is 27.3 Å². The van der Waals surface area contributed by atoms with Crippen molar-refractivity contribution in [2.45, 2.75) is 4.90 Å². The van der Waals surface area contributed by atoms with Gasteiger partial charge in [-0.3, -0.25) is 0 Å². The van der Waals surface area contributed by atoms with Crippen LogP contribution in [-0.2, 0) is 10.0 Å². The Hall–Kier alpha value is -2.83. The van der Waals surface area contributed by atoms with Crippen molar-refractivity contribution in [2.75, 3.05) is 7.05 Å². The molecule has 12 heteroatoms. The van der Waals surface area contributed by atoms with Gasteiger partial charge in [-0.2, -0.15) is 9.78 Å². The van der Waals surface area contributed by atoms with Crippen LogP contribution in [0.1, 0.15) is 10.5 Å². The van der Waals surface area contributed by atoms with Gasteiger partial charge in [0.05, 0.1) is 5.69 Å². The van der Waals surface area contributed by atoms with Gasteiger partial charge in [-0.15, -0.1) is 11.3 Å². The summed E-state index contributed by atoms with van der Waals surface area (Å²) >= 11 is 0.950. The van der Waals surface area contributed by atoms with Gasteiger partial charge < -0.3 is 10.2 Å². The first-order valence-corrected chi connectivity index (χ1v) is 9.31. The number of nitrogens with one attached hydrogen (secondary N) is 1. The van der Waals surface area contributed by atoms with Crippen LogP contribution in [0.5, 0.6) is 5.88 Å². The van der Waals surface area contributed by atoms with Gasteiger partial charge >= 0.3 is 5.97 Å². The first-order chi connectivity index (χ1) is 12.2. The Bertz CT molecular complexity index is 1110. The molecule has 3 rings (SSSR count). The summed E-state index contributed by atoms with van der Waals surface area (Å²) in [6.07, 6.45) is 0. The summed E-state index contributed by atoms with van der Waals surface area (Å²) < 4.78 is 40.6. The van der Waals surface area contributed by atoms with Crippen LogP contribution < -0.4 is 4.72 Å². The highest BCUT2D eigenvalue weighted by atomic mass is 32.2. The standard InChI is InChI=1S/C14H11FN4O5S2/c1-16-26(23,24)11-4-7(2-3-8(11)15)9-5-12(20)19(18-9)14-17-10(6-25-14)13(21)22/h2-6,16,20H,1H3,(H,21,22). The minimum Gasteiger partial charge on any atom is -0.493 e. The van der Waals surface area contributed by atoms with Gasteiger partial charge in [-0.05, 0) is 25.2 Å². The summed E-state index contributed by atoms with van der Waals surface area (Å²) in [6.45, 7) is 0. The van der Waals surface area contributed by atoms with Crippen LogP contribution in [-0.4, -0.2) is 46.4 Å². The van der Waals surface area contributed by atoms with Crippen molar-refractivity contribution in [2.24, 2.45) is 0 Å². The number of thiazole rings is 1. The van der Waals surface area contributed by atoms with Crippen molar-refractivity contribution in [1.82, 2.24) is 19.5 Å². The molecule has 0 saturated heterocycles. The van der Waals surface area contributed by atoms with E-state index in [2.05, 4.69) is 10.1 Å². The van der Waals surface area contributed by atoms with E-state index in [0.29, 0.717) is 0 Å². The Kier molecular flexibility index (Phi) is 4.48. The number of aromatic hydroxyl groups is 1. The molecule has 9 nitrogen and oxygen atoms in total. The highest BCUT2D eigenvalue weighted by molar-refractivity contribution is 7.89. The van der Waals surface area contributed by atoms with E-state index in [1.165, 1.54) is 17.5 Å². The van der Waals surface area contributed by atoms with E-state index >= 15 is 0 Å². The Morgan fingerprint density at radius 1 is 1.35 bits per heavy atom. The second kappa shape index (κ2) is 6.48. The predicted molar refractivity (Wildman–Crippen MR) is 89.5 cm³/mol. The molecule has 0 aliphatic rings. The van der Waals surface area contributed by atoms with Crippen molar-refractivity contribution in [3.05, 3.63) is 41.2 Å². The van der Waals surface area contributed by atoms with Gasteiger partial charge in [0.25, 0.3) is 0 Å². The Balaban J connectivity index is 2.06. The molecule has 2 heterocycles. The van der Waals surface area contributed by atoms with Crippen molar-refractivity contribution in [1.29, 1.82) is 0 Å². The van der Waals surface area contributed by atoms with E-state index in [-0.39, 0.29) is 28.0 Å². The van der Waals surface area contributed by atoms with E-state index in [0.717, 1.165) is 35.2 Å². The van der Waals surface area contributed by atoms with Crippen molar-refractivity contribution in [3.63, 3.8) is 0 Å². The van der Waals surface area contributed by atoms with Gasteiger partial charge in [0, 0.05) is 17.0 Å². The van der Waals surface area contributed by atoms with Crippen LogP contribution >= 0.6 is 11.3 Å². The fraction of sp³-hybridized carbons (Fsp3) is 0.0714. The first kappa shape index (κ1) is 18.0. The van der Waals surface area contributed by atoms with E-state index in [9.17, 15) is 22.7 Å². The maximum atomic E-state index is 13.8. The zero-order chi connectivity index (χ0) is 19.1. The lowest BCUT2D eigenvalue weighted by atomic mass is 10.1. The molecular formula is C14H11FN4O5S2. The maximum Gasteiger partial charge on any atom is 0.355 e. The third-order valence-corrected chi connectivity index (χ3v) is 5.61. The minimum atomic E-state index is -4.02. The molecular weight excluding hydrogens is 387 g/mol. The number of halogens is 1. The van der Waals surface area contributed by atoms with Gasteiger partial charge in [0.15, 0.2) is 5.69 Å². The Morgan fingerprint density at radius 3 is 2.69 bits per heavy atom. The summed E-state index contributed by atoms with van der Waals surface area (Å²) in [6, 6.07) is 4.59. The smallest absolute Gasteiger partial charge is 0.355 e. The van der Waals surface area contributed by atoms with Crippen LogP contribution in [0.15, 0.2) is 34.5 Å². The lowest BCUT2D eigenvalue weighted by Crippen LogP contribution is -2.19. The second-order valence-electron chi connectivity index (χ2n) is 4.97. The maximum absolute atomic E-state index is 13.8. The lowest BCUT2D eigenvalue weighted by molar-refractivity contribution is 0.0691. The molecule has 1 aromatic carbocycles. The van der Waals surface area contributed by atoms with Gasteiger partial charge in [0.1, 0.15) is 10.7 Å². The van der Waals surface area contributed by atoms with Gasteiger partial charge in [-0.1, -0.05) is 0 Å². The molecule has 0 aliphatic heterocycles. The summed E-state index contributed by atoms with van der Waals surface area (Å²) in [5, 5.41) is 24.4. The number of carboxylic acid groups (broad SMARTS) is 1. The zero-order valence-corrected chi connectivity index (χ0v) is 14.7. The van der Waals surface area contributed by atoms with Crippen molar-refractivity contribution >= 4 is 27.3 Å². The number of rotatable bonds is 5. The van der Waals surface area contributed by atoms with E-state index in [1.54, 1.807) is 0 Å². The molecule has 2 aromatic heterocycles. The van der Waals surface area contributed by atoms with E-state index < -0.39 is 26.7 Å². The fourth-order valence-corrected chi connectivity index (χ4v) is 3.67. The molecule has 3 N–H and O–H groups in total. The van der Waals surface area contributed by atoms with E-state index in [1.807, 2.05) is 4.72 Å². The second-order valence-corrected chi connectivity index (χ2v) is 7.66. The average Bonchev–Trinajstić information content (AvgIpc) is 3.21. The van der Waals surface area contributed by atoms with Gasteiger partial charge in [0.2, 0.25) is 21.0 Å². The first-order valence-electron chi connectivity index (χ1n) is 6.94. The molecule has 0 radical (unpaired) electrons. The molecule has 0 aliphatic carbocycles. The van der Waals surface area contributed by atoms with Crippen LogP contribution in [0.3, 0.4) is 0 Å². The Labute approximate surface area is 150 Å². The third kappa shape index (κ3) is 3.16. The summed E-state index contributed by atoms with van der Waals surface area (Å²) in [5.74, 6) is -2.49. The SMILES string of the molecule is CNS(=O)(=O)c1cc(-c2cc(O)n(-c3nc(C(=O)O)cs3)n2)ccc1F. The normalized spacial score (nSPS) is 11.6. The number of aromatic nitrogens is 3. The van der Waals surface area contributed by atoms with Crippen LogP contribution in [0.4, 0.5) is 4.39 Å². The van der Waals surface area contributed by atoms with E-state index in [4.69, 9.17) is 5.11 Å². The monoisotopic (exact) mass is 398 g/mol. The quantitative estimate of drug-likeness (QED) is 0.592. The number of aromatic carboxylic acids is 1.